The Labute approximate surface area is 86.4 Å². The van der Waals surface area contributed by atoms with Gasteiger partial charge in [-0.2, -0.15) is 0 Å². The highest BCUT2D eigenvalue weighted by Crippen LogP contribution is 2.09. The molecule has 0 saturated carbocycles. The van der Waals surface area contributed by atoms with E-state index < -0.39 is 0 Å². The number of likely N-dealkylation sites (tertiary alicyclic amines) is 1. The summed E-state index contributed by atoms with van der Waals surface area (Å²) in [6.07, 6.45) is 3.34. The van der Waals surface area contributed by atoms with Crippen molar-refractivity contribution >= 4 is 5.91 Å². The summed E-state index contributed by atoms with van der Waals surface area (Å²) < 4.78 is 5.53. The fourth-order valence-corrected chi connectivity index (χ4v) is 1.62. The van der Waals surface area contributed by atoms with Gasteiger partial charge in [-0.05, 0) is 26.2 Å². The van der Waals surface area contributed by atoms with Crippen LogP contribution < -0.4 is 0 Å². The normalized spacial score (nSPS) is 17.1. The molecule has 0 N–H and O–H groups in total. The molecule has 1 rings (SSSR count). The van der Waals surface area contributed by atoms with Gasteiger partial charge in [0, 0.05) is 19.5 Å². The molecular weight excluding hydrogens is 178 g/mol. The molecule has 1 unspecified atom stereocenters. The summed E-state index contributed by atoms with van der Waals surface area (Å²) in [4.78, 5) is 13.1. The van der Waals surface area contributed by atoms with Crippen LogP contribution in [0, 0.1) is 6.92 Å². The molecule has 3 nitrogen and oxygen atoms in total. The van der Waals surface area contributed by atoms with E-state index >= 15 is 0 Å². The molecule has 1 aliphatic rings. The van der Waals surface area contributed by atoms with Crippen molar-refractivity contribution < 1.29 is 9.53 Å². The van der Waals surface area contributed by atoms with E-state index in [1.165, 1.54) is 0 Å². The number of hydrogen-bond donors (Lipinski definition) is 0. The second kappa shape index (κ2) is 6.02. The van der Waals surface area contributed by atoms with E-state index in [4.69, 9.17) is 11.7 Å². The average molecular weight is 197 g/mol. The van der Waals surface area contributed by atoms with Crippen molar-refractivity contribution in [2.45, 2.75) is 38.7 Å². The van der Waals surface area contributed by atoms with E-state index in [9.17, 15) is 4.79 Å². The first kappa shape index (κ1) is 11.5. The Kier molecular flexibility index (Phi) is 4.94. The molecule has 3 heteroatoms. The quantitative estimate of drug-likeness (QED) is 0.646. The molecule has 14 heavy (non-hydrogen) atoms. The van der Waals surface area contributed by atoms with Crippen LogP contribution in [0.3, 0.4) is 0 Å². The minimum atomic E-state index is 0.146. The Balaban J connectivity index is 2.11. The predicted octanol–water partition coefficient (Wildman–Crippen LogP) is 1.51. The maximum atomic E-state index is 11.2. The van der Waals surface area contributed by atoms with E-state index in [1.54, 1.807) is 0 Å². The van der Waals surface area contributed by atoms with Gasteiger partial charge in [-0.3, -0.25) is 4.79 Å². The van der Waals surface area contributed by atoms with Crippen LogP contribution in [0.25, 0.3) is 0 Å². The lowest BCUT2D eigenvalue weighted by molar-refractivity contribution is -0.128. The molecule has 0 aliphatic carbocycles. The predicted molar refractivity (Wildman–Crippen MR) is 54.8 cm³/mol. The second-order valence-corrected chi connectivity index (χ2v) is 3.62. The molecule has 1 atom stereocenters. The van der Waals surface area contributed by atoms with Crippen LogP contribution in [-0.4, -0.2) is 36.6 Å². The van der Waals surface area contributed by atoms with E-state index in [0.29, 0.717) is 19.4 Å². The first-order chi connectivity index (χ1) is 6.77. The summed E-state index contributed by atoms with van der Waals surface area (Å²) in [6, 6.07) is 0. The minimum Gasteiger partial charge on any atom is -0.376 e. The van der Waals surface area contributed by atoms with E-state index in [2.05, 4.69) is 6.92 Å². The van der Waals surface area contributed by atoms with Gasteiger partial charge >= 0.3 is 0 Å². The number of carbonyl (C=O) groups excluding carboxylic acids is 1. The van der Waals surface area contributed by atoms with Gasteiger partial charge in [0.05, 0.1) is 12.7 Å². The van der Waals surface area contributed by atoms with Gasteiger partial charge in [0.2, 0.25) is 5.91 Å². The number of nitrogens with zero attached hydrogens (tertiary/aromatic N) is 1. The van der Waals surface area contributed by atoms with Crippen LogP contribution in [0.1, 0.15) is 32.6 Å². The Morgan fingerprint density at radius 2 is 2.43 bits per heavy atom. The Morgan fingerprint density at radius 1 is 1.64 bits per heavy atom. The van der Waals surface area contributed by atoms with Gasteiger partial charge in [0.1, 0.15) is 0 Å². The molecule has 1 aliphatic heterocycles. The fourth-order valence-electron chi connectivity index (χ4n) is 1.62. The van der Waals surface area contributed by atoms with Crippen molar-refractivity contribution in [3.05, 3.63) is 6.92 Å². The van der Waals surface area contributed by atoms with E-state index in [-0.39, 0.29) is 12.0 Å². The Hall–Kier alpha value is -0.570. The summed E-state index contributed by atoms with van der Waals surface area (Å²) in [5.74, 6) is 0.259. The summed E-state index contributed by atoms with van der Waals surface area (Å²) >= 11 is 0. The molecule has 0 spiro atoms. The van der Waals surface area contributed by atoms with Gasteiger partial charge in [-0.25, -0.2) is 0 Å². The van der Waals surface area contributed by atoms with Crippen molar-refractivity contribution in [2.24, 2.45) is 0 Å². The second-order valence-electron chi connectivity index (χ2n) is 3.62. The van der Waals surface area contributed by atoms with Crippen LogP contribution in [0.2, 0.25) is 0 Å². The van der Waals surface area contributed by atoms with Crippen molar-refractivity contribution in [2.75, 3.05) is 19.7 Å². The molecule has 1 amide bonds. The van der Waals surface area contributed by atoms with Crippen LogP contribution in [0.5, 0.6) is 0 Å². The maximum absolute atomic E-state index is 11.2. The zero-order chi connectivity index (χ0) is 10.4. The van der Waals surface area contributed by atoms with Crippen LogP contribution in [-0.2, 0) is 9.53 Å². The number of amides is 1. The summed E-state index contributed by atoms with van der Waals surface area (Å²) in [6.45, 7) is 9.77. The summed E-state index contributed by atoms with van der Waals surface area (Å²) in [5, 5.41) is 0. The minimum absolute atomic E-state index is 0.146. The molecule has 80 valence electrons. The monoisotopic (exact) mass is 197 g/mol. The molecule has 0 bridgehead atoms. The summed E-state index contributed by atoms with van der Waals surface area (Å²) in [7, 11) is 0. The first-order valence-corrected chi connectivity index (χ1v) is 5.37. The number of ether oxygens (including phenoxy) is 1. The molecule has 1 heterocycles. The Morgan fingerprint density at radius 3 is 2.93 bits per heavy atom. The van der Waals surface area contributed by atoms with E-state index in [0.717, 1.165) is 25.9 Å². The van der Waals surface area contributed by atoms with Crippen molar-refractivity contribution in [1.29, 1.82) is 0 Å². The Bertz CT molecular complexity index is 178. The smallest absolute Gasteiger partial charge is 0.222 e. The molecule has 1 saturated heterocycles. The topological polar surface area (TPSA) is 29.5 Å². The first-order valence-electron chi connectivity index (χ1n) is 5.37. The lowest BCUT2D eigenvalue weighted by Crippen LogP contribution is -2.29. The number of hydrogen-bond acceptors (Lipinski definition) is 2. The third kappa shape index (κ3) is 3.29. The highest BCUT2D eigenvalue weighted by Gasteiger charge is 2.19. The van der Waals surface area contributed by atoms with Gasteiger partial charge < -0.3 is 9.64 Å². The molecule has 2 radical (unpaired) electrons. The lowest BCUT2D eigenvalue weighted by Gasteiger charge is -2.18. The maximum Gasteiger partial charge on any atom is 0.222 e. The van der Waals surface area contributed by atoms with Gasteiger partial charge in [0.25, 0.3) is 0 Å². The van der Waals surface area contributed by atoms with Crippen molar-refractivity contribution in [3.8, 4) is 0 Å². The van der Waals surface area contributed by atoms with Crippen molar-refractivity contribution in [1.82, 2.24) is 4.90 Å². The van der Waals surface area contributed by atoms with E-state index in [1.807, 2.05) is 4.90 Å². The molecule has 0 aromatic heterocycles. The highest BCUT2D eigenvalue weighted by atomic mass is 16.5. The fraction of sp³-hybridized carbons (Fsp3) is 0.818. The molecule has 1 fully saturated rings. The zero-order valence-electron chi connectivity index (χ0n) is 8.87. The van der Waals surface area contributed by atoms with Gasteiger partial charge in [0.15, 0.2) is 0 Å². The highest BCUT2D eigenvalue weighted by molar-refractivity contribution is 5.77. The average Bonchev–Trinajstić information content (AvgIpc) is 2.59. The number of carbonyl (C=O) groups is 1. The van der Waals surface area contributed by atoms with Crippen LogP contribution in [0.4, 0.5) is 0 Å². The molecule has 0 aromatic carbocycles. The third-order valence-electron chi connectivity index (χ3n) is 2.60. The molecule has 0 aromatic rings. The third-order valence-corrected chi connectivity index (χ3v) is 2.60. The standard InChI is InChI=1S/C11H19NO2/c1-3-10(4-2)14-9-8-12-7-5-6-11(12)13/h1,10H,3-9H2,2H3. The SMILES string of the molecule is [CH]CC(CC)OCCN1CCCC1=O. The van der Waals surface area contributed by atoms with Crippen LogP contribution in [0.15, 0.2) is 0 Å². The van der Waals surface area contributed by atoms with Gasteiger partial charge in [-0.1, -0.05) is 6.92 Å². The number of rotatable bonds is 6. The molecular formula is C11H19NO2. The summed E-state index contributed by atoms with van der Waals surface area (Å²) in [5.41, 5.74) is 0. The van der Waals surface area contributed by atoms with Crippen molar-refractivity contribution in [3.63, 3.8) is 0 Å². The largest absolute Gasteiger partial charge is 0.376 e. The zero-order valence-corrected chi connectivity index (χ0v) is 8.87. The van der Waals surface area contributed by atoms with Gasteiger partial charge in [-0.15, -0.1) is 0 Å². The van der Waals surface area contributed by atoms with Crippen LogP contribution >= 0.6 is 0 Å². The lowest BCUT2D eigenvalue weighted by atomic mass is 10.2.